The van der Waals surface area contributed by atoms with Crippen molar-refractivity contribution in [1.82, 2.24) is 14.9 Å². The zero-order chi connectivity index (χ0) is 13.3. The van der Waals surface area contributed by atoms with Gasteiger partial charge < -0.3 is 14.9 Å². The fourth-order valence-corrected chi connectivity index (χ4v) is 1.83. The first-order chi connectivity index (χ1) is 8.47. The molecule has 0 radical (unpaired) electrons. The van der Waals surface area contributed by atoms with Gasteiger partial charge in [-0.1, -0.05) is 6.07 Å². The Hall–Kier alpha value is -2.30. The molecule has 0 aliphatic carbocycles. The SMILES string of the molecule is CC(=O)C(=CN(C)C)c1ccc2[nH]c(=O)[nH]c2c1. The number of carbonyl (C=O) groups excluding carboxylic acids is 1. The van der Waals surface area contributed by atoms with Gasteiger partial charge in [-0.2, -0.15) is 0 Å². The number of hydrogen-bond donors (Lipinski definition) is 2. The second-order valence-corrected chi connectivity index (χ2v) is 4.40. The number of fused-ring (bicyclic) bond motifs is 1. The van der Waals surface area contributed by atoms with E-state index in [1.165, 1.54) is 6.92 Å². The van der Waals surface area contributed by atoms with E-state index in [0.717, 1.165) is 11.1 Å². The van der Waals surface area contributed by atoms with Crippen molar-refractivity contribution in [1.29, 1.82) is 0 Å². The first kappa shape index (κ1) is 12.2. The summed E-state index contributed by atoms with van der Waals surface area (Å²) in [5.41, 5.74) is 2.59. The van der Waals surface area contributed by atoms with Crippen LogP contribution in [0.3, 0.4) is 0 Å². The molecule has 0 bridgehead atoms. The van der Waals surface area contributed by atoms with E-state index in [1.807, 2.05) is 25.1 Å². The van der Waals surface area contributed by atoms with Crippen LogP contribution in [0.1, 0.15) is 12.5 Å². The summed E-state index contributed by atoms with van der Waals surface area (Å²) in [7, 11) is 3.72. The van der Waals surface area contributed by atoms with Crippen LogP contribution >= 0.6 is 0 Å². The van der Waals surface area contributed by atoms with Crippen molar-refractivity contribution in [2.75, 3.05) is 14.1 Å². The van der Waals surface area contributed by atoms with Gasteiger partial charge in [0.1, 0.15) is 0 Å². The molecule has 0 unspecified atom stereocenters. The number of imidazole rings is 1. The summed E-state index contributed by atoms with van der Waals surface area (Å²) in [6, 6.07) is 5.40. The van der Waals surface area contributed by atoms with E-state index in [9.17, 15) is 9.59 Å². The first-order valence-corrected chi connectivity index (χ1v) is 5.59. The number of Topliss-reactive ketones (excluding diaryl/α,β-unsaturated/α-hetero) is 1. The maximum absolute atomic E-state index is 11.6. The second kappa shape index (κ2) is 4.52. The van der Waals surface area contributed by atoms with Crippen molar-refractivity contribution in [3.8, 4) is 0 Å². The Morgan fingerprint density at radius 3 is 2.50 bits per heavy atom. The summed E-state index contributed by atoms with van der Waals surface area (Å²) in [4.78, 5) is 30.0. The molecule has 2 N–H and O–H groups in total. The predicted octanol–water partition coefficient (Wildman–Crippen LogP) is 1.35. The molecule has 0 saturated heterocycles. The number of nitrogens with zero attached hydrogens (tertiary/aromatic N) is 1. The molecule has 0 aliphatic rings. The summed E-state index contributed by atoms with van der Waals surface area (Å²) in [5, 5.41) is 0. The average Bonchev–Trinajstić information content (AvgIpc) is 2.64. The number of aromatic amines is 2. The van der Waals surface area contributed by atoms with E-state index in [0.29, 0.717) is 11.1 Å². The van der Waals surface area contributed by atoms with Crippen molar-refractivity contribution in [2.45, 2.75) is 6.92 Å². The van der Waals surface area contributed by atoms with E-state index < -0.39 is 0 Å². The third-order valence-electron chi connectivity index (χ3n) is 2.59. The van der Waals surface area contributed by atoms with Gasteiger partial charge in [-0.15, -0.1) is 0 Å². The molecular formula is C13H15N3O2. The zero-order valence-electron chi connectivity index (χ0n) is 10.6. The second-order valence-electron chi connectivity index (χ2n) is 4.40. The Kier molecular flexibility index (Phi) is 3.06. The standard InChI is InChI=1S/C13H15N3O2/c1-8(17)10(7-16(2)3)9-4-5-11-12(6-9)15-13(18)14-11/h4-7H,1-3H3,(H2,14,15,18). The first-order valence-electron chi connectivity index (χ1n) is 5.59. The van der Waals surface area contributed by atoms with E-state index >= 15 is 0 Å². The third-order valence-corrected chi connectivity index (χ3v) is 2.59. The van der Waals surface area contributed by atoms with Crippen LogP contribution in [0.5, 0.6) is 0 Å². The lowest BCUT2D eigenvalue weighted by atomic mass is 10.0. The maximum Gasteiger partial charge on any atom is 0.323 e. The highest BCUT2D eigenvalue weighted by Crippen LogP contribution is 2.19. The fourth-order valence-electron chi connectivity index (χ4n) is 1.83. The van der Waals surface area contributed by atoms with Gasteiger partial charge in [0.05, 0.1) is 11.0 Å². The molecule has 0 amide bonds. The minimum absolute atomic E-state index is 0.0130. The van der Waals surface area contributed by atoms with Crippen LogP contribution in [0.4, 0.5) is 0 Å². The Morgan fingerprint density at radius 2 is 1.89 bits per heavy atom. The molecule has 0 atom stereocenters. The van der Waals surface area contributed by atoms with E-state index in [1.54, 1.807) is 18.3 Å². The van der Waals surface area contributed by atoms with Gasteiger partial charge in [0.15, 0.2) is 5.78 Å². The summed E-state index contributed by atoms with van der Waals surface area (Å²) >= 11 is 0. The van der Waals surface area contributed by atoms with Crippen LogP contribution in [0.15, 0.2) is 29.2 Å². The van der Waals surface area contributed by atoms with Gasteiger partial charge in [0.2, 0.25) is 0 Å². The quantitative estimate of drug-likeness (QED) is 0.802. The Balaban J connectivity index is 2.57. The number of carbonyl (C=O) groups is 1. The molecule has 0 aliphatic heterocycles. The Morgan fingerprint density at radius 1 is 1.22 bits per heavy atom. The van der Waals surface area contributed by atoms with E-state index in [2.05, 4.69) is 9.97 Å². The molecule has 5 nitrogen and oxygen atoms in total. The highest BCUT2D eigenvalue weighted by molar-refractivity contribution is 6.19. The zero-order valence-corrected chi connectivity index (χ0v) is 10.6. The summed E-state index contributed by atoms with van der Waals surface area (Å²) in [6.07, 6.45) is 1.77. The van der Waals surface area contributed by atoms with E-state index in [4.69, 9.17) is 0 Å². The highest BCUT2D eigenvalue weighted by Gasteiger charge is 2.09. The lowest BCUT2D eigenvalue weighted by Gasteiger charge is -2.10. The average molecular weight is 245 g/mol. The monoisotopic (exact) mass is 245 g/mol. The van der Waals surface area contributed by atoms with Crippen LogP contribution < -0.4 is 5.69 Å². The summed E-state index contributed by atoms with van der Waals surface area (Å²) in [6.45, 7) is 1.53. The highest BCUT2D eigenvalue weighted by atomic mass is 16.1. The number of ketones is 1. The van der Waals surface area contributed by atoms with Gasteiger partial charge in [0.25, 0.3) is 0 Å². The topological polar surface area (TPSA) is 69.0 Å². The van der Waals surface area contributed by atoms with Crippen molar-refractivity contribution in [2.24, 2.45) is 0 Å². The van der Waals surface area contributed by atoms with Gasteiger partial charge in [-0.3, -0.25) is 4.79 Å². The third kappa shape index (κ3) is 2.34. The van der Waals surface area contributed by atoms with Crippen LogP contribution in [-0.2, 0) is 4.79 Å². The van der Waals surface area contributed by atoms with Crippen LogP contribution in [0.2, 0.25) is 0 Å². The molecule has 0 fully saturated rings. The molecular weight excluding hydrogens is 230 g/mol. The number of benzene rings is 1. The molecule has 5 heteroatoms. The van der Waals surface area contributed by atoms with Gasteiger partial charge >= 0.3 is 5.69 Å². The molecule has 1 heterocycles. The van der Waals surface area contributed by atoms with E-state index in [-0.39, 0.29) is 11.5 Å². The molecule has 2 rings (SSSR count). The molecule has 18 heavy (non-hydrogen) atoms. The fraction of sp³-hybridized carbons (Fsp3) is 0.231. The number of allylic oxidation sites excluding steroid dienone is 1. The minimum Gasteiger partial charge on any atom is -0.383 e. The van der Waals surface area contributed by atoms with Gasteiger partial charge in [-0.05, 0) is 24.6 Å². The predicted molar refractivity (Wildman–Crippen MR) is 71.3 cm³/mol. The van der Waals surface area contributed by atoms with Crippen molar-refractivity contribution < 1.29 is 4.79 Å². The largest absolute Gasteiger partial charge is 0.383 e. The minimum atomic E-state index is -0.247. The Bertz CT molecular complexity index is 677. The summed E-state index contributed by atoms with van der Waals surface area (Å²) in [5.74, 6) is -0.0130. The lowest BCUT2D eigenvalue weighted by molar-refractivity contribution is -0.111. The summed E-state index contributed by atoms with van der Waals surface area (Å²) < 4.78 is 0. The van der Waals surface area contributed by atoms with Crippen LogP contribution in [0, 0.1) is 0 Å². The number of aromatic nitrogens is 2. The van der Waals surface area contributed by atoms with Crippen molar-refractivity contribution in [3.05, 3.63) is 40.4 Å². The van der Waals surface area contributed by atoms with Crippen molar-refractivity contribution >= 4 is 22.4 Å². The number of H-pyrrole nitrogens is 2. The maximum atomic E-state index is 11.6. The number of nitrogens with one attached hydrogen (secondary N) is 2. The number of hydrogen-bond acceptors (Lipinski definition) is 3. The van der Waals surface area contributed by atoms with Gasteiger partial charge in [-0.25, -0.2) is 4.79 Å². The molecule has 1 aromatic heterocycles. The van der Waals surface area contributed by atoms with Gasteiger partial charge in [0, 0.05) is 25.9 Å². The smallest absolute Gasteiger partial charge is 0.323 e. The lowest BCUT2D eigenvalue weighted by Crippen LogP contribution is -2.06. The van der Waals surface area contributed by atoms with Crippen LogP contribution in [0.25, 0.3) is 16.6 Å². The molecule has 2 aromatic rings. The normalized spacial score (nSPS) is 11.8. The molecule has 0 spiro atoms. The number of rotatable bonds is 3. The Labute approximate surface area is 104 Å². The molecule has 94 valence electrons. The van der Waals surface area contributed by atoms with Crippen molar-refractivity contribution in [3.63, 3.8) is 0 Å². The molecule has 0 saturated carbocycles. The molecule has 1 aromatic carbocycles. The van der Waals surface area contributed by atoms with Crippen LogP contribution in [-0.4, -0.2) is 34.7 Å².